The molecule has 0 bridgehead atoms. The Bertz CT molecular complexity index is 581. The fourth-order valence-corrected chi connectivity index (χ4v) is 3.36. The number of hydrazine groups is 1. The molecule has 2 heterocycles. The summed E-state index contributed by atoms with van der Waals surface area (Å²) in [7, 11) is 0. The number of nitrogens with zero attached hydrogens (tertiary/aromatic N) is 1. The van der Waals surface area contributed by atoms with Crippen LogP contribution in [-0.4, -0.2) is 41.9 Å². The van der Waals surface area contributed by atoms with Crippen molar-refractivity contribution in [2.75, 3.05) is 18.4 Å². The van der Waals surface area contributed by atoms with Gasteiger partial charge in [0, 0.05) is 30.4 Å². The maximum atomic E-state index is 12.3. The van der Waals surface area contributed by atoms with E-state index < -0.39 is 0 Å². The van der Waals surface area contributed by atoms with Crippen LogP contribution in [0.15, 0.2) is 24.3 Å². The number of nitrogens with one attached hydrogen (secondary N) is 3. The Morgan fingerprint density at radius 2 is 1.88 bits per heavy atom. The minimum absolute atomic E-state index is 0.0419. The van der Waals surface area contributed by atoms with E-state index >= 15 is 0 Å². The van der Waals surface area contributed by atoms with Crippen LogP contribution in [0.25, 0.3) is 0 Å². The van der Waals surface area contributed by atoms with Crippen LogP contribution in [0.4, 0.5) is 5.69 Å². The normalized spacial score (nSPS) is 23.5. The van der Waals surface area contributed by atoms with Gasteiger partial charge in [-0.1, -0.05) is 13.3 Å². The Labute approximate surface area is 143 Å². The zero-order valence-electron chi connectivity index (χ0n) is 14.2. The molecule has 130 valence electrons. The first-order valence-electron chi connectivity index (χ1n) is 8.88. The number of carbonyl (C=O) groups is 2. The topological polar surface area (TPSA) is 73.5 Å². The van der Waals surface area contributed by atoms with Gasteiger partial charge in [0.05, 0.1) is 0 Å². The average molecular weight is 330 g/mol. The summed E-state index contributed by atoms with van der Waals surface area (Å²) < 4.78 is 0. The molecule has 0 saturated carbocycles. The van der Waals surface area contributed by atoms with E-state index in [0.29, 0.717) is 11.6 Å². The first kappa shape index (κ1) is 16.9. The lowest BCUT2D eigenvalue weighted by Crippen LogP contribution is -2.40. The third-order valence-electron chi connectivity index (χ3n) is 4.73. The fourth-order valence-electron chi connectivity index (χ4n) is 3.36. The van der Waals surface area contributed by atoms with Crippen LogP contribution in [-0.2, 0) is 4.79 Å². The summed E-state index contributed by atoms with van der Waals surface area (Å²) in [6, 6.07) is 7.31. The second kappa shape index (κ2) is 7.77. The molecule has 0 radical (unpaired) electrons. The molecule has 6 heteroatoms. The van der Waals surface area contributed by atoms with E-state index in [4.69, 9.17) is 0 Å². The molecule has 2 aliphatic heterocycles. The lowest BCUT2D eigenvalue weighted by atomic mass is 10.1. The molecule has 0 aliphatic carbocycles. The number of carbonyl (C=O) groups excluding carboxylic acids is 2. The van der Waals surface area contributed by atoms with Crippen LogP contribution in [0.2, 0.25) is 0 Å². The Morgan fingerprint density at radius 3 is 2.54 bits per heavy atom. The third-order valence-corrected chi connectivity index (χ3v) is 4.73. The van der Waals surface area contributed by atoms with E-state index in [2.05, 4.69) is 23.1 Å². The minimum atomic E-state index is -0.215. The van der Waals surface area contributed by atoms with E-state index in [1.165, 1.54) is 0 Å². The molecular weight excluding hydrogens is 304 g/mol. The zero-order valence-corrected chi connectivity index (χ0v) is 14.2. The van der Waals surface area contributed by atoms with Crippen molar-refractivity contribution in [1.29, 1.82) is 0 Å². The summed E-state index contributed by atoms with van der Waals surface area (Å²) in [6.07, 6.45) is 5.12. The smallest absolute Gasteiger partial charge is 0.253 e. The average Bonchev–Trinajstić information content (AvgIpc) is 3.27. The van der Waals surface area contributed by atoms with Crippen molar-refractivity contribution in [3.63, 3.8) is 0 Å². The monoisotopic (exact) mass is 330 g/mol. The molecule has 6 nitrogen and oxygen atoms in total. The van der Waals surface area contributed by atoms with Gasteiger partial charge < -0.3 is 10.2 Å². The van der Waals surface area contributed by atoms with Crippen molar-refractivity contribution >= 4 is 17.5 Å². The second-order valence-electron chi connectivity index (χ2n) is 6.63. The Morgan fingerprint density at radius 1 is 1.17 bits per heavy atom. The highest BCUT2D eigenvalue weighted by Gasteiger charge is 2.28. The molecule has 2 amide bonds. The van der Waals surface area contributed by atoms with Crippen LogP contribution < -0.4 is 16.2 Å². The summed E-state index contributed by atoms with van der Waals surface area (Å²) >= 11 is 0. The highest BCUT2D eigenvalue weighted by Crippen LogP contribution is 2.17. The number of likely N-dealkylation sites (tertiary alicyclic amines) is 1. The van der Waals surface area contributed by atoms with Crippen LogP contribution in [0, 0.1) is 0 Å². The second-order valence-corrected chi connectivity index (χ2v) is 6.63. The molecule has 1 aromatic carbocycles. The lowest BCUT2D eigenvalue weighted by molar-refractivity contribution is -0.117. The summed E-state index contributed by atoms with van der Waals surface area (Å²) in [5.74, 6) is 0.0363. The van der Waals surface area contributed by atoms with Crippen molar-refractivity contribution in [3.05, 3.63) is 29.8 Å². The van der Waals surface area contributed by atoms with Gasteiger partial charge in [-0.15, -0.1) is 0 Å². The lowest BCUT2D eigenvalue weighted by Gasteiger charge is -2.15. The van der Waals surface area contributed by atoms with Gasteiger partial charge in [0.2, 0.25) is 5.91 Å². The Hall–Kier alpha value is -1.92. The first-order valence-corrected chi connectivity index (χ1v) is 8.88. The summed E-state index contributed by atoms with van der Waals surface area (Å²) in [4.78, 5) is 26.5. The van der Waals surface area contributed by atoms with Gasteiger partial charge in [0.15, 0.2) is 0 Å². The van der Waals surface area contributed by atoms with E-state index in [0.717, 1.165) is 50.9 Å². The van der Waals surface area contributed by atoms with Crippen molar-refractivity contribution in [1.82, 2.24) is 15.8 Å². The van der Waals surface area contributed by atoms with Gasteiger partial charge in [0.1, 0.15) is 6.04 Å². The standard InChI is InChI=1S/C18H26N4O2/c1-2-5-15-12-16(21-20-15)17(23)19-14-8-6-13(7-9-14)18(24)22-10-3-4-11-22/h6-9,15-16,20-21H,2-5,10-12H2,1H3,(H,19,23). The molecule has 2 aliphatic rings. The molecule has 0 aromatic heterocycles. The van der Waals surface area contributed by atoms with E-state index in [9.17, 15) is 9.59 Å². The van der Waals surface area contributed by atoms with Crippen molar-refractivity contribution in [3.8, 4) is 0 Å². The molecule has 1 aromatic rings. The minimum Gasteiger partial charge on any atom is -0.339 e. The van der Waals surface area contributed by atoms with Crippen molar-refractivity contribution in [2.24, 2.45) is 0 Å². The largest absolute Gasteiger partial charge is 0.339 e. The maximum absolute atomic E-state index is 12.3. The quantitative estimate of drug-likeness (QED) is 0.771. The number of amides is 2. The third kappa shape index (κ3) is 3.94. The van der Waals surface area contributed by atoms with Gasteiger partial charge in [-0.2, -0.15) is 0 Å². The molecule has 0 spiro atoms. The van der Waals surface area contributed by atoms with Gasteiger partial charge in [-0.3, -0.25) is 15.0 Å². The van der Waals surface area contributed by atoms with Crippen LogP contribution in [0.1, 0.15) is 49.4 Å². The number of benzene rings is 1. The SMILES string of the molecule is CCCC1CC(C(=O)Nc2ccc(C(=O)N3CCCC3)cc2)NN1. The molecule has 2 saturated heterocycles. The van der Waals surface area contributed by atoms with Crippen LogP contribution in [0.5, 0.6) is 0 Å². The van der Waals surface area contributed by atoms with E-state index in [1.807, 2.05) is 4.90 Å². The zero-order chi connectivity index (χ0) is 16.9. The number of rotatable bonds is 5. The van der Waals surface area contributed by atoms with Gasteiger partial charge in [-0.25, -0.2) is 5.43 Å². The molecule has 3 rings (SSSR count). The first-order chi connectivity index (χ1) is 11.7. The molecule has 2 unspecified atom stereocenters. The Kier molecular flexibility index (Phi) is 5.48. The van der Waals surface area contributed by atoms with Crippen molar-refractivity contribution < 1.29 is 9.59 Å². The predicted octanol–water partition coefficient (Wildman–Crippen LogP) is 1.90. The van der Waals surface area contributed by atoms with Crippen molar-refractivity contribution in [2.45, 2.75) is 51.1 Å². The molecule has 2 fully saturated rings. The molecule has 24 heavy (non-hydrogen) atoms. The fraction of sp³-hybridized carbons (Fsp3) is 0.556. The predicted molar refractivity (Wildman–Crippen MR) is 93.6 cm³/mol. The summed E-state index contributed by atoms with van der Waals surface area (Å²) in [5.41, 5.74) is 7.62. The number of hydrogen-bond donors (Lipinski definition) is 3. The highest BCUT2D eigenvalue weighted by atomic mass is 16.2. The summed E-state index contributed by atoms with van der Waals surface area (Å²) in [5, 5.41) is 2.92. The highest BCUT2D eigenvalue weighted by molar-refractivity contribution is 5.97. The van der Waals surface area contributed by atoms with Crippen LogP contribution >= 0.6 is 0 Å². The molecular formula is C18H26N4O2. The molecule has 2 atom stereocenters. The van der Waals surface area contributed by atoms with Gasteiger partial charge in [0.25, 0.3) is 5.91 Å². The maximum Gasteiger partial charge on any atom is 0.253 e. The number of hydrogen-bond acceptors (Lipinski definition) is 4. The Balaban J connectivity index is 1.54. The van der Waals surface area contributed by atoms with Gasteiger partial charge in [-0.05, 0) is 49.9 Å². The van der Waals surface area contributed by atoms with E-state index in [1.54, 1.807) is 24.3 Å². The molecule has 3 N–H and O–H groups in total. The van der Waals surface area contributed by atoms with Crippen LogP contribution in [0.3, 0.4) is 0 Å². The summed E-state index contributed by atoms with van der Waals surface area (Å²) in [6.45, 7) is 3.83. The number of anilines is 1. The van der Waals surface area contributed by atoms with Gasteiger partial charge >= 0.3 is 0 Å². The van der Waals surface area contributed by atoms with E-state index in [-0.39, 0.29) is 17.9 Å².